The molecule has 0 atom stereocenters. The van der Waals surface area contributed by atoms with E-state index >= 15 is 0 Å². The van der Waals surface area contributed by atoms with Gasteiger partial charge in [0.25, 0.3) is 5.91 Å². The summed E-state index contributed by atoms with van der Waals surface area (Å²) in [4.78, 5) is 14.0. The minimum Gasteiger partial charge on any atom is -0.397 e. The molecule has 18 heavy (non-hydrogen) atoms. The highest BCUT2D eigenvalue weighted by Gasteiger charge is 2.27. The van der Waals surface area contributed by atoms with E-state index in [4.69, 9.17) is 23.8 Å². The van der Waals surface area contributed by atoms with Crippen molar-refractivity contribution < 1.29 is 4.79 Å². The normalized spacial score (nSPS) is 14.0. The number of rotatable bonds is 4. The van der Waals surface area contributed by atoms with Crippen molar-refractivity contribution in [2.75, 3.05) is 18.8 Å². The molecule has 0 saturated heterocycles. The summed E-state index contributed by atoms with van der Waals surface area (Å²) < 4.78 is 0. The molecule has 1 aliphatic carbocycles. The van der Waals surface area contributed by atoms with Gasteiger partial charge in [-0.1, -0.05) is 23.6 Å². The molecule has 0 bridgehead atoms. The number of nitrogen functional groups attached to an aromatic ring is 1. The van der Waals surface area contributed by atoms with Gasteiger partial charge in [-0.15, -0.1) is 6.42 Å². The van der Waals surface area contributed by atoms with Gasteiger partial charge in [0.15, 0.2) is 0 Å². The lowest BCUT2D eigenvalue weighted by atomic mass is 10.1. The van der Waals surface area contributed by atoms with E-state index in [1.807, 2.05) is 0 Å². The molecule has 0 heterocycles. The summed E-state index contributed by atoms with van der Waals surface area (Å²) >= 11 is 5.92. The number of hydrogen-bond acceptors (Lipinski definition) is 2. The molecule has 0 aromatic heterocycles. The largest absolute Gasteiger partial charge is 0.397 e. The Labute approximate surface area is 112 Å². The molecule has 2 N–H and O–H groups in total. The zero-order valence-corrected chi connectivity index (χ0v) is 10.8. The first-order chi connectivity index (χ1) is 8.63. The van der Waals surface area contributed by atoms with E-state index in [9.17, 15) is 4.79 Å². The van der Waals surface area contributed by atoms with Gasteiger partial charge < -0.3 is 10.6 Å². The first-order valence-electron chi connectivity index (χ1n) is 5.90. The molecule has 4 heteroatoms. The van der Waals surface area contributed by atoms with Gasteiger partial charge >= 0.3 is 0 Å². The SMILES string of the molecule is C#CCN(CC1CC1)C(=O)c1cccc(Cl)c1N. The Balaban J connectivity index is 2.21. The molecule has 94 valence electrons. The molecule has 0 spiro atoms. The van der Waals surface area contributed by atoms with Gasteiger partial charge in [-0.25, -0.2) is 0 Å². The number of hydrogen-bond donors (Lipinski definition) is 1. The highest BCUT2D eigenvalue weighted by atomic mass is 35.5. The monoisotopic (exact) mass is 262 g/mol. The number of benzene rings is 1. The Hall–Kier alpha value is -1.66. The second-order valence-corrected chi connectivity index (χ2v) is 4.94. The van der Waals surface area contributed by atoms with Crippen LogP contribution in [0.3, 0.4) is 0 Å². The van der Waals surface area contributed by atoms with Gasteiger partial charge in [-0.3, -0.25) is 4.79 Å². The van der Waals surface area contributed by atoms with E-state index in [0.29, 0.717) is 35.3 Å². The zero-order chi connectivity index (χ0) is 13.1. The zero-order valence-electron chi connectivity index (χ0n) is 10.0. The molecule has 0 aliphatic heterocycles. The number of nitrogens with zero attached hydrogens (tertiary/aromatic N) is 1. The maximum absolute atomic E-state index is 12.4. The topological polar surface area (TPSA) is 46.3 Å². The molecular weight excluding hydrogens is 248 g/mol. The van der Waals surface area contributed by atoms with Crippen LogP contribution in [0, 0.1) is 18.3 Å². The number of anilines is 1. The molecule has 2 rings (SSSR count). The summed E-state index contributed by atoms with van der Waals surface area (Å²) in [7, 11) is 0. The van der Waals surface area contributed by atoms with Crippen LogP contribution < -0.4 is 5.73 Å². The van der Waals surface area contributed by atoms with Crippen LogP contribution in [0.25, 0.3) is 0 Å². The van der Waals surface area contributed by atoms with Gasteiger partial charge in [0.2, 0.25) is 0 Å². The first kappa shape index (κ1) is 12.8. The van der Waals surface area contributed by atoms with E-state index in [2.05, 4.69) is 5.92 Å². The smallest absolute Gasteiger partial charge is 0.256 e. The number of nitrogens with two attached hydrogens (primary N) is 1. The van der Waals surface area contributed by atoms with Crippen molar-refractivity contribution in [3.63, 3.8) is 0 Å². The Kier molecular flexibility index (Phi) is 3.78. The average Bonchev–Trinajstić information content (AvgIpc) is 3.15. The fourth-order valence-electron chi connectivity index (χ4n) is 1.84. The third kappa shape index (κ3) is 2.77. The van der Waals surface area contributed by atoms with Crippen LogP contribution in [0.15, 0.2) is 18.2 Å². The summed E-state index contributed by atoms with van der Waals surface area (Å²) in [5, 5.41) is 0.396. The van der Waals surface area contributed by atoms with Gasteiger partial charge in [-0.05, 0) is 30.9 Å². The van der Waals surface area contributed by atoms with Gasteiger partial charge in [-0.2, -0.15) is 0 Å². The van der Waals surface area contributed by atoms with Crippen molar-refractivity contribution in [1.29, 1.82) is 0 Å². The molecule has 1 aromatic rings. The highest BCUT2D eigenvalue weighted by molar-refractivity contribution is 6.33. The van der Waals surface area contributed by atoms with Crippen LogP contribution in [0.2, 0.25) is 5.02 Å². The van der Waals surface area contributed by atoms with E-state index in [1.54, 1.807) is 23.1 Å². The third-order valence-corrected chi connectivity index (χ3v) is 3.36. The van der Waals surface area contributed by atoms with Gasteiger partial charge in [0.1, 0.15) is 0 Å². The summed E-state index contributed by atoms with van der Waals surface area (Å²) in [6, 6.07) is 5.07. The number of terminal acetylenes is 1. The Morgan fingerprint density at radius 2 is 2.28 bits per heavy atom. The molecule has 3 nitrogen and oxygen atoms in total. The number of carbonyl (C=O) groups is 1. The second-order valence-electron chi connectivity index (χ2n) is 4.53. The van der Waals surface area contributed by atoms with Crippen molar-refractivity contribution in [1.82, 2.24) is 4.90 Å². The maximum atomic E-state index is 12.4. The summed E-state index contributed by atoms with van der Waals surface area (Å²) in [6.07, 6.45) is 7.64. The minimum atomic E-state index is -0.139. The van der Waals surface area contributed by atoms with Gasteiger partial charge in [0, 0.05) is 6.54 Å². The van der Waals surface area contributed by atoms with Crippen molar-refractivity contribution in [3.05, 3.63) is 28.8 Å². The van der Waals surface area contributed by atoms with Crippen LogP contribution in [0.5, 0.6) is 0 Å². The molecule has 1 aliphatic rings. The maximum Gasteiger partial charge on any atom is 0.256 e. The number of amides is 1. The van der Waals surface area contributed by atoms with E-state index in [1.165, 1.54) is 12.8 Å². The van der Waals surface area contributed by atoms with Crippen LogP contribution in [0.1, 0.15) is 23.2 Å². The summed E-state index contributed by atoms with van der Waals surface area (Å²) in [5.41, 5.74) is 6.58. The van der Waals surface area contributed by atoms with Gasteiger partial charge in [0.05, 0.1) is 22.8 Å². The van der Waals surface area contributed by atoms with Crippen molar-refractivity contribution in [2.45, 2.75) is 12.8 Å². The van der Waals surface area contributed by atoms with Crippen LogP contribution >= 0.6 is 11.6 Å². The number of para-hydroxylation sites is 1. The summed E-state index contributed by atoms with van der Waals surface area (Å²) in [6.45, 7) is 1.01. The minimum absolute atomic E-state index is 0.139. The average molecular weight is 263 g/mol. The van der Waals surface area contributed by atoms with Crippen LogP contribution in [0.4, 0.5) is 5.69 Å². The van der Waals surface area contributed by atoms with E-state index in [0.717, 1.165) is 0 Å². The Morgan fingerprint density at radius 1 is 1.56 bits per heavy atom. The van der Waals surface area contributed by atoms with E-state index < -0.39 is 0 Å². The van der Waals surface area contributed by atoms with E-state index in [-0.39, 0.29) is 5.91 Å². The van der Waals surface area contributed by atoms with Crippen LogP contribution in [-0.2, 0) is 0 Å². The lowest BCUT2D eigenvalue weighted by molar-refractivity contribution is 0.0771. The summed E-state index contributed by atoms with van der Waals surface area (Å²) in [5.74, 6) is 2.96. The molecule has 1 aromatic carbocycles. The fraction of sp³-hybridized carbons (Fsp3) is 0.357. The molecule has 1 amide bonds. The molecular formula is C14H15ClN2O. The quantitative estimate of drug-likeness (QED) is 0.669. The fourth-order valence-corrected chi connectivity index (χ4v) is 2.01. The Morgan fingerprint density at radius 3 is 2.89 bits per heavy atom. The second kappa shape index (κ2) is 5.32. The number of carbonyl (C=O) groups excluding carboxylic acids is 1. The predicted molar refractivity (Wildman–Crippen MR) is 73.3 cm³/mol. The van der Waals surface area contributed by atoms with Crippen molar-refractivity contribution >= 4 is 23.2 Å². The van der Waals surface area contributed by atoms with Crippen molar-refractivity contribution in [3.8, 4) is 12.3 Å². The lowest BCUT2D eigenvalue weighted by Gasteiger charge is -2.21. The first-order valence-corrected chi connectivity index (χ1v) is 6.28. The molecule has 0 unspecified atom stereocenters. The highest BCUT2D eigenvalue weighted by Crippen LogP contribution is 2.31. The number of halogens is 1. The molecule has 1 saturated carbocycles. The van der Waals surface area contributed by atoms with Crippen molar-refractivity contribution in [2.24, 2.45) is 5.92 Å². The molecule has 0 radical (unpaired) electrons. The third-order valence-electron chi connectivity index (χ3n) is 3.03. The Bertz CT molecular complexity index is 503. The predicted octanol–water partition coefficient (Wildman–Crippen LogP) is 2.41. The van der Waals surface area contributed by atoms with Crippen LogP contribution in [-0.4, -0.2) is 23.9 Å². The molecule has 1 fully saturated rings. The lowest BCUT2D eigenvalue weighted by Crippen LogP contribution is -2.33. The standard InChI is InChI=1S/C14H15ClN2O/c1-2-8-17(9-10-6-7-10)14(18)11-4-3-5-12(15)13(11)16/h1,3-5,10H,6-9,16H2.